The van der Waals surface area contributed by atoms with Crippen molar-refractivity contribution in [2.24, 2.45) is 0 Å². The van der Waals surface area contributed by atoms with Crippen LogP contribution in [0, 0.1) is 0 Å². The van der Waals surface area contributed by atoms with Gasteiger partial charge in [-0.05, 0) is 100 Å². The fraction of sp³-hybridized carbons (Fsp3) is 0. The third kappa shape index (κ3) is 6.59. The average Bonchev–Trinajstić information content (AvgIpc) is 3.38. The van der Waals surface area contributed by atoms with Crippen molar-refractivity contribution < 1.29 is 0 Å². The molecule has 2 heterocycles. The smallest absolute Gasteiger partial charge is 0.160 e. The van der Waals surface area contributed by atoms with Crippen molar-refractivity contribution in [1.82, 2.24) is 15.0 Å². The number of nitrogens with zero attached hydrogens (tertiary/aromatic N) is 3. The van der Waals surface area contributed by atoms with E-state index in [1.807, 2.05) is 24.4 Å². The molecule has 2 aromatic heterocycles. The van der Waals surface area contributed by atoms with E-state index in [2.05, 4.69) is 217 Å². The van der Waals surface area contributed by atoms with Crippen LogP contribution in [-0.2, 0) is 0 Å². The summed E-state index contributed by atoms with van der Waals surface area (Å²) in [4.78, 5) is 15.3. The lowest BCUT2D eigenvalue weighted by Crippen LogP contribution is -1.96. The van der Waals surface area contributed by atoms with Crippen molar-refractivity contribution in [3.8, 4) is 56.3 Å². The van der Waals surface area contributed by atoms with E-state index in [9.17, 15) is 0 Å². The Morgan fingerprint density at radius 2 is 0.625 bits per heavy atom. The fourth-order valence-corrected chi connectivity index (χ4v) is 9.47. The first-order valence-corrected chi connectivity index (χ1v) is 21.8. The Balaban J connectivity index is 1.10. The zero-order chi connectivity index (χ0) is 42.4. The molecule has 12 aromatic rings. The molecule has 0 bridgehead atoms. The number of pyridine rings is 1. The van der Waals surface area contributed by atoms with Crippen molar-refractivity contribution in [2.75, 3.05) is 0 Å². The molecule has 0 amide bonds. The fourth-order valence-electron chi connectivity index (χ4n) is 9.47. The van der Waals surface area contributed by atoms with Gasteiger partial charge in [-0.15, -0.1) is 0 Å². The zero-order valence-corrected chi connectivity index (χ0v) is 34.9. The van der Waals surface area contributed by atoms with Gasteiger partial charge >= 0.3 is 0 Å². The van der Waals surface area contributed by atoms with Gasteiger partial charge in [-0.25, -0.2) is 9.97 Å². The number of benzene rings is 9. The highest BCUT2D eigenvalue weighted by molar-refractivity contribution is 6.26. The predicted molar refractivity (Wildman–Crippen MR) is 270 cm³/mol. The topological polar surface area (TPSA) is 38.7 Å². The molecule has 0 radical (unpaired) electrons. The van der Waals surface area contributed by atoms with Gasteiger partial charge in [0.2, 0.25) is 0 Å². The van der Waals surface area contributed by atoms with Crippen molar-refractivity contribution >= 4 is 64.6 Å². The highest BCUT2D eigenvalue weighted by Gasteiger charge is 2.15. The molecule has 64 heavy (non-hydrogen) atoms. The molecule has 0 saturated heterocycles. The lowest BCUT2D eigenvalue weighted by molar-refractivity contribution is 1.18. The molecule has 3 nitrogen and oxygen atoms in total. The van der Waals surface area contributed by atoms with Gasteiger partial charge in [0.15, 0.2) is 5.82 Å². The Hall–Kier alpha value is -8.53. The van der Waals surface area contributed by atoms with Crippen LogP contribution in [0.5, 0.6) is 0 Å². The van der Waals surface area contributed by atoms with E-state index in [1.54, 1.807) is 0 Å². The summed E-state index contributed by atoms with van der Waals surface area (Å²) in [5.74, 6) is 0.663. The highest BCUT2D eigenvalue weighted by atomic mass is 14.9. The molecular weight excluding hydrogens is 775 g/mol. The Morgan fingerprint density at radius 3 is 1.12 bits per heavy atom. The van der Waals surface area contributed by atoms with Gasteiger partial charge in [0.1, 0.15) is 0 Å². The minimum atomic E-state index is 0.663. The Bertz CT molecular complexity index is 3740. The molecule has 0 N–H and O–H groups in total. The van der Waals surface area contributed by atoms with E-state index in [-0.39, 0.29) is 0 Å². The second-order valence-electron chi connectivity index (χ2n) is 16.3. The number of hydrogen-bond donors (Lipinski definition) is 0. The summed E-state index contributed by atoms with van der Waals surface area (Å²) in [7, 11) is 0. The summed E-state index contributed by atoms with van der Waals surface area (Å²) in [6.45, 7) is 0. The summed E-state index contributed by atoms with van der Waals surface area (Å²) in [6, 6.07) is 82.5. The number of rotatable bonds is 5. The average molecular weight is 814 g/mol. The minimum Gasteiger partial charge on any atom is -0.256 e. The van der Waals surface area contributed by atoms with Gasteiger partial charge in [-0.3, -0.25) is 4.98 Å². The van der Waals surface area contributed by atoms with Gasteiger partial charge in [-0.1, -0.05) is 206 Å². The quantitative estimate of drug-likeness (QED) is 0.174. The maximum Gasteiger partial charge on any atom is 0.160 e. The zero-order valence-electron chi connectivity index (χ0n) is 34.9. The van der Waals surface area contributed by atoms with Crippen LogP contribution in [-0.4, -0.2) is 15.0 Å². The van der Waals surface area contributed by atoms with Crippen molar-refractivity contribution in [2.45, 2.75) is 0 Å². The van der Waals surface area contributed by atoms with Crippen molar-refractivity contribution in [1.29, 1.82) is 0 Å². The second-order valence-corrected chi connectivity index (χ2v) is 16.3. The normalized spacial score (nSPS) is 11.4. The standard InChI is InChI=1S/C61H39N3/c1-2-16-46-40(14-1)15-13-25-47(46)41-27-29-43(30-28-41)59-39-60(44-33-31-42(32-34-44)58-26-11-12-37-62-58)64-61(63-59)45-35-36-56-54-23-8-7-21-52(54)50-19-4-3-17-48(50)49-18-5-6-20-51(49)53-22-9-10-24-55(53)57(56)38-45/h1-39H. The van der Waals surface area contributed by atoms with Crippen molar-refractivity contribution in [3.05, 3.63) is 237 Å². The van der Waals surface area contributed by atoms with E-state index in [4.69, 9.17) is 9.97 Å². The second kappa shape index (κ2) is 15.7. The predicted octanol–water partition coefficient (Wildman–Crippen LogP) is 16.3. The largest absolute Gasteiger partial charge is 0.256 e. The third-order valence-electron chi connectivity index (χ3n) is 12.6. The maximum absolute atomic E-state index is 5.39. The van der Waals surface area contributed by atoms with Crippen LogP contribution in [0.15, 0.2) is 237 Å². The molecule has 0 saturated carbocycles. The van der Waals surface area contributed by atoms with Crippen LogP contribution in [0.3, 0.4) is 0 Å². The van der Waals surface area contributed by atoms with Gasteiger partial charge in [-0.2, -0.15) is 0 Å². The number of aromatic nitrogens is 3. The maximum atomic E-state index is 5.39. The highest BCUT2D eigenvalue weighted by Crippen LogP contribution is 2.38. The molecule has 3 heteroatoms. The van der Waals surface area contributed by atoms with Gasteiger partial charge in [0.25, 0.3) is 0 Å². The lowest BCUT2D eigenvalue weighted by atomic mass is 9.93. The molecule has 0 spiro atoms. The van der Waals surface area contributed by atoms with Crippen molar-refractivity contribution in [3.63, 3.8) is 0 Å². The summed E-state index contributed by atoms with van der Waals surface area (Å²) in [6.07, 6.45) is 1.83. The number of fused-ring (bicyclic) bond motifs is 11. The molecule has 0 aliphatic carbocycles. The molecular formula is C61H39N3. The molecule has 0 unspecified atom stereocenters. The van der Waals surface area contributed by atoms with Crippen LogP contribution in [0.2, 0.25) is 0 Å². The van der Waals surface area contributed by atoms with Gasteiger partial charge < -0.3 is 0 Å². The van der Waals surface area contributed by atoms with E-state index in [0.717, 1.165) is 61.1 Å². The molecule has 0 atom stereocenters. The van der Waals surface area contributed by atoms with Crippen LogP contribution >= 0.6 is 0 Å². The van der Waals surface area contributed by atoms with Gasteiger partial charge in [0, 0.05) is 28.5 Å². The van der Waals surface area contributed by atoms with Crippen LogP contribution < -0.4 is 0 Å². The summed E-state index contributed by atoms with van der Waals surface area (Å²) >= 11 is 0. The first kappa shape index (κ1) is 37.2. The molecule has 0 aliphatic heterocycles. The van der Waals surface area contributed by atoms with E-state index < -0.39 is 0 Å². The number of hydrogen-bond acceptors (Lipinski definition) is 3. The Morgan fingerprint density at radius 1 is 0.234 bits per heavy atom. The van der Waals surface area contributed by atoms with E-state index in [1.165, 1.54) is 54.0 Å². The summed E-state index contributed by atoms with van der Waals surface area (Å²) in [5.41, 5.74) is 9.04. The summed E-state index contributed by atoms with van der Waals surface area (Å²) < 4.78 is 0. The Kier molecular flexibility index (Phi) is 9.16. The first-order chi connectivity index (χ1) is 31.7. The molecule has 0 aliphatic rings. The minimum absolute atomic E-state index is 0.663. The van der Waals surface area contributed by atoms with Gasteiger partial charge in [0.05, 0.1) is 17.1 Å². The molecule has 10 aromatic carbocycles. The third-order valence-corrected chi connectivity index (χ3v) is 12.6. The lowest BCUT2D eigenvalue weighted by Gasteiger charge is -2.13. The Labute approximate surface area is 371 Å². The van der Waals surface area contributed by atoms with Crippen LogP contribution in [0.1, 0.15) is 0 Å². The summed E-state index contributed by atoms with van der Waals surface area (Å²) in [5, 5.41) is 14.3. The van der Waals surface area contributed by atoms with E-state index in [0.29, 0.717) is 5.82 Å². The van der Waals surface area contributed by atoms with Crippen LogP contribution in [0.25, 0.3) is 121 Å². The SMILES string of the molecule is c1ccc(-c2ccc(-c3cc(-c4ccc(-c5cccc6ccccc56)cc4)nc(-c4ccc5c6ccccc6c6ccccc6c6ccccc6c6ccccc6c5c4)n3)cc2)nc1. The first-order valence-electron chi connectivity index (χ1n) is 21.8. The van der Waals surface area contributed by atoms with Crippen LogP contribution in [0.4, 0.5) is 0 Å². The molecule has 12 rings (SSSR count). The molecule has 298 valence electrons. The monoisotopic (exact) mass is 813 g/mol. The van der Waals surface area contributed by atoms with E-state index >= 15 is 0 Å². The molecule has 0 fully saturated rings.